The average Bonchev–Trinajstić information content (AvgIpc) is 3.12. The highest BCUT2D eigenvalue weighted by atomic mass is 79.9. The van der Waals surface area contributed by atoms with Crippen LogP contribution >= 0.6 is 15.9 Å². The van der Waals surface area contributed by atoms with E-state index in [-0.39, 0.29) is 11.7 Å². The minimum absolute atomic E-state index is 0.268. The Balaban J connectivity index is 1.75. The molecule has 0 unspecified atom stereocenters. The third kappa shape index (κ3) is 3.10. The Hall–Kier alpha value is -1.82. The van der Waals surface area contributed by atoms with E-state index in [4.69, 9.17) is 4.42 Å². The lowest BCUT2D eigenvalue weighted by atomic mass is 10.3. The minimum Gasteiger partial charge on any atom is -0.444 e. The lowest BCUT2D eigenvalue weighted by Crippen LogP contribution is -2.20. The quantitative estimate of drug-likeness (QED) is 0.919. The van der Waals surface area contributed by atoms with Gasteiger partial charge in [-0.3, -0.25) is 4.79 Å². The zero-order valence-corrected chi connectivity index (χ0v) is 13.3. The van der Waals surface area contributed by atoms with Crippen LogP contribution in [-0.2, 0) is 0 Å². The van der Waals surface area contributed by atoms with E-state index in [0.29, 0.717) is 10.4 Å². The van der Waals surface area contributed by atoms with Crippen molar-refractivity contribution in [3.63, 3.8) is 0 Å². The summed E-state index contributed by atoms with van der Waals surface area (Å²) in [6.45, 7) is 4.00. The summed E-state index contributed by atoms with van der Waals surface area (Å²) in [6, 6.07) is 7.16. The molecule has 5 nitrogen and oxygen atoms in total. The molecule has 1 aliphatic rings. The maximum absolute atomic E-state index is 12.1. The van der Waals surface area contributed by atoms with Crippen LogP contribution in [0, 0.1) is 6.92 Å². The van der Waals surface area contributed by atoms with E-state index in [1.807, 2.05) is 19.1 Å². The molecule has 1 saturated heterocycles. The molecule has 110 valence electrons. The summed E-state index contributed by atoms with van der Waals surface area (Å²) in [5, 5.41) is 2.82. The number of aryl methyl sites for hydroxylation is 1. The van der Waals surface area contributed by atoms with Crippen LogP contribution in [0.4, 0.5) is 11.5 Å². The van der Waals surface area contributed by atoms with Gasteiger partial charge >= 0.3 is 0 Å². The largest absolute Gasteiger partial charge is 0.444 e. The monoisotopic (exact) mass is 349 g/mol. The summed E-state index contributed by atoms with van der Waals surface area (Å²) in [4.78, 5) is 18.9. The molecule has 0 radical (unpaired) electrons. The molecule has 0 spiro atoms. The first-order valence-electron chi connectivity index (χ1n) is 6.93. The molecular weight excluding hydrogens is 334 g/mol. The van der Waals surface area contributed by atoms with Gasteiger partial charge in [0.15, 0.2) is 10.4 Å². The number of halogens is 1. The van der Waals surface area contributed by atoms with Crippen molar-refractivity contribution in [1.29, 1.82) is 0 Å². The number of nitrogens with zero attached hydrogens (tertiary/aromatic N) is 2. The van der Waals surface area contributed by atoms with E-state index in [9.17, 15) is 4.79 Å². The lowest BCUT2D eigenvalue weighted by molar-refractivity contribution is 0.0995. The summed E-state index contributed by atoms with van der Waals surface area (Å²) in [7, 11) is 0. The van der Waals surface area contributed by atoms with Crippen LogP contribution in [0.1, 0.15) is 29.1 Å². The first kappa shape index (κ1) is 14.1. The number of carbonyl (C=O) groups excluding carboxylic acids is 1. The molecule has 2 aromatic rings. The molecule has 1 amide bonds. The van der Waals surface area contributed by atoms with Gasteiger partial charge in [-0.2, -0.15) is 0 Å². The highest BCUT2D eigenvalue weighted by Gasteiger charge is 2.16. The molecule has 0 bridgehead atoms. The number of pyridine rings is 1. The molecule has 3 heterocycles. The lowest BCUT2D eigenvalue weighted by Gasteiger charge is -2.17. The van der Waals surface area contributed by atoms with Gasteiger partial charge in [-0.1, -0.05) is 0 Å². The molecule has 1 N–H and O–H groups in total. The number of carbonyl (C=O) groups is 1. The van der Waals surface area contributed by atoms with Gasteiger partial charge in [0, 0.05) is 13.1 Å². The molecule has 21 heavy (non-hydrogen) atoms. The van der Waals surface area contributed by atoms with Gasteiger partial charge < -0.3 is 14.6 Å². The molecular formula is C15H16BrN3O2. The number of anilines is 2. The van der Waals surface area contributed by atoms with Crippen LogP contribution in [0.25, 0.3) is 0 Å². The predicted octanol–water partition coefficient (Wildman–Crippen LogP) is 3.60. The van der Waals surface area contributed by atoms with Gasteiger partial charge in [0.2, 0.25) is 0 Å². The highest BCUT2D eigenvalue weighted by Crippen LogP contribution is 2.23. The molecule has 0 saturated carbocycles. The standard InChI is InChI=1S/C15H16BrN3O2/c1-10-11(18-15(20)12-5-6-13(16)21-12)4-7-14(17-10)19-8-2-3-9-19/h4-7H,2-3,8-9H2,1H3,(H,18,20). The van der Waals surface area contributed by atoms with Gasteiger partial charge in [-0.25, -0.2) is 4.98 Å². The van der Waals surface area contributed by atoms with E-state index in [1.54, 1.807) is 12.1 Å². The Kier molecular flexibility index (Phi) is 3.96. The van der Waals surface area contributed by atoms with Crippen molar-refractivity contribution in [1.82, 2.24) is 4.98 Å². The predicted molar refractivity (Wildman–Crippen MR) is 84.8 cm³/mol. The van der Waals surface area contributed by atoms with E-state index >= 15 is 0 Å². The number of aromatic nitrogens is 1. The number of furan rings is 1. The third-order valence-corrected chi connectivity index (χ3v) is 3.97. The SMILES string of the molecule is Cc1nc(N2CCCC2)ccc1NC(=O)c1ccc(Br)o1. The van der Waals surface area contributed by atoms with Crippen molar-refractivity contribution in [3.05, 3.63) is 40.4 Å². The maximum Gasteiger partial charge on any atom is 0.291 e. The Morgan fingerprint density at radius 1 is 1.29 bits per heavy atom. The second-order valence-corrected chi connectivity index (χ2v) is 5.84. The number of nitrogens with one attached hydrogen (secondary N) is 1. The highest BCUT2D eigenvalue weighted by molar-refractivity contribution is 9.10. The number of hydrogen-bond acceptors (Lipinski definition) is 4. The Labute approximate surface area is 131 Å². The fourth-order valence-electron chi connectivity index (χ4n) is 2.42. The molecule has 3 rings (SSSR count). The van der Waals surface area contributed by atoms with Crippen LogP contribution < -0.4 is 10.2 Å². The first-order chi connectivity index (χ1) is 10.1. The maximum atomic E-state index is 12.1. The zero-order valence-electron chi connectivity index (χ0n) is 11.7. The van der Waals surface area contributed by atoms with Crippen molar-refractivity contribution < 1.29 is 9.21 Å². The Morgan fingerprint density at radius 2 is 2.05 bits per heavy atom. The molecule has 1 fully saturated rings. The normalized spacial score (nSPS) is 14.5. The number of amides is 1. The number of rotatable bonds is 3. The number of hydrogen-bond donors (Lipinski definition) is 1. The fraction of sp³-hybridized carbons (Fsp3) is 0.333. The van der Waals surface area contributed by atoms with Gasteiger partial charge in [-0.15, -0.1) is 0 Å². The second kappa shape index (κ2) is 5.89. The van der Waals surface area contributed by atoms with Crippen molar-refractivity contribution in [2.75, 3.05) is 23.3 Å². The minimum atomic E-state index is -0.278. The third-order valence-electron chi connectivity index (χ3n) is 3.55. The van der Waals surface area contributed by atoms with E-state index in [1.165, 1.54) is 12.8 Å². The van der Waals surface area contributed by atoms with Crippen molar-refractivity contribution >= 4 is 33.3 Å². The average molecular weight is 350 g/mol. The topological polar surface area (TPSA) is 58.4 Å². The van der Waals surface area contributed by atoms with E-state index in [0.717, 1.165) is 24.6 Å². The Morgan fingerprint density at radius 3 is 2.67 bits per heavy atom. The summed E-state index contributed by atoms with van der Waals surface area (Å²) in [5.41, 5.74) is 1.51. The van der Waals surface area contributed by atoms with E-state index in [2.05, 4.69) is 31.1 Å². The molecule has 0 aromatic carbocycles. The van der Waals surface area contributed by atoms with Crippen LogP contribution in [-0.4, -0.2) is 24.0 Å². The summed E-state index contributed by atoms with van der Waals surface area (Å²) in [5.74, 6) is 0.966. The van der Waals surface area contributed by atoms with Crippen molar-refractivity contribution in [2.24, 2.45) is 0 Å². The molecule has 6 heteroatoms. The smallest absolute Gasteiger partial charge is 0.291 e. The van der Waals surface area contributed by atoms with Gasteiger partial charge in [0.25, 0.3) is 5.91 Å². The molecule has 2 aromatic heterocycles. The van der Waals surface area contributed by atoms with E-state index < -0.39 is 0 Å². The fourth-order valence-corrected chi connectivity index (χ4v) is 2.73. The van der Waals surface area contributed by atoms with Crippen LogP contribution in [0.15, 0.2) is 33.4 Å². The zero-order chi connectivity index (χ0) is 14.8. The van der Waals surface area contributed by atoms with Gasteiger partial charge in [0.05, 0.1) is 11.4 Å². The summed E-state index contributed by atoms with van der Waals surface area (Å²) < 4.78 is 5.77. The van der Waals surface area contributed by atoms with Crippen LogP contribution in [0.5, 0.6) is 0 Å². The molecule has 1 aliphatic heterocycles. The molecule has 0 atom stereocenters. The van der Waals surface area contributed by atoms with Crippen LogP contribution in [0.3, 0.4) is 0 Å². The molecule has 0 aliphatic carbocycles. The van der Waals surface area contributed by atoms with Gasteiger partial charge in [0.1, 0.15) is 5.82 Å². The van der Waals surface area contributed by atoms with Crippen LogP contribution in [0.2, 0.25) is 0 Å². The van der Waals surface area contributed by atoms with Gasteiger partial charge in [-0.05, 0) is 60.0 Å². The second-order valence-electron chi connectivity index (χ2n) is 5.05. The first-order valence-corrected chi connectivity index (χ1v) is 7.72. The summed E-state index contributed by atoms with van der Waals surface area (Å²) in [6.07, 6.45) is 2.43. The Bertz CT molecular complexity index is 663. The van der Waals surface area contributed by atoms with Crippen molar-refractivity contribution in [3.8, 4) is 0 Å². The van der Waals surface area contributed by atoms with Crippen molar-refractivity contribution in [2.45, 2.75) is 19.8 Å². The summed E-state index contributed by atoms with van der Waals surface area (Å²) >= 11 is 3.18.